The zero-order valence-corrected chi connectivity index (χ0v) is 17.0. The van der Waals surface area contributed by atoms with Crippen LogP contribution >= 0.6 is 11.3 Å². The van der Waals surface area contributed by atoms with Crippen molar-refractivity contribution in [3.63, 3.8) is 0 Å². The summed E-state index contributed by atoms with van der Waals surface area (Å²) < 4.78 is 13.1. The molecule has 0 radical (unpaired) electrons. The average molecular weight is 402 g/mol. The minimum absolute atomic E-state index is 0.0553. The van der Waals surface area contributed by atoms with E-state index in [0.29, 0.717) is 12.0 Å². The molecule has 0 saturated carbocycles. The smallest absolute Gasteiger partial charge is 0.261 e. The first kappa shape index (κ1) is 19.4. The lowest BCUT2D eigenvalue weighted by Gasteiger charge is -2.43. The van der Waals surface area contributed by atoms with E-state index < -0.39 is 0 Å². The molecule has 4 nitrogen and oxygen atoms in total. The summed E-state index contributed by atoms with van der Waals surface area (Å²) in [5, 5.41) is 5.06. The molecule has 1 atom stereocenters. The van der Waals surface area contributed by atoms with Crippen LogP contribution in [0.5, 0.6) is 0 Å². The summed E-state index contributed by atoms with van der Waals surface area (Å²) >= 11 is 1.49. The van der Waals surface area contributed by atoms with Crippen molar-refractivity contribution in [1.29, 1.82) is 0 Å². The highest BCUT2D eigenvalue weighted by Gasteiger charge is 2.29. The number of likely N-dealkylation sites (tertiary alicyclic amines) is 1. The Kier molecular flexibility index (Phi) is 6.27. The maximum absolute atomic E-state index is 13.1. The number of nitrogens with zero attached hydrogens (tertiary/aromatic N) is 2. The molecule has 1 aromatic carbocycles. The number of halogens is 1. The molecule has 2 saturated heterocycles. The van der Waals surface area contributed by atoms with Crippen molar-refractivity contribution >= 4 is 22.9 Å². The molecule has 2 aliphatic heterocycles. The Morgan fingerprint density at radius 1 is 1.11 bits per heavy atom. The Hall–Kier alpha value is -1.92. The van der Waals surface area contributed by atoms with E-state index in [9.17, 15) is 9.18 Å². The number of benzene rings is 1. The topological polar surface area (TPSA) is 35.6 Å². The molecule has 2 aromatic rings. The number of rotatable bonds is 5. The Morgan fingerprint density at radius 3 is 2.61 bits per heavy atom. The lowest BCUT2D eigenvalue weighted by Crippen LogP contribution is -2.50. The summed E-state index contributed by atoms with van der Waals surface area (Å²) in [6, 6.07) is 11.3. The van der Waals surface area contributed by atoms with E-state index in [1.165, 1.54) is 24.2 Å². The highest BCUT2D eigenvalue weighted by Crippen LogP contribution is 2.26. The number of carbonyl (C=O) groups is 1. The highest BCUT2D eigenvalue weighted by molar-refractivity contribution is 7.12. The number of hydrogen-bond donors (Lipinski definition) is 1. The molecular weight excluding hydrogens is 373 g/mol. The van der Waals surface area contributed by atoms with Crippen LogP contribution in [-0.2, 0) is 0 Å². The van der Waals surface area contributed by atoms with Gasteiger partial charge in [0.1, 0.15) is 5.82 Å². The van der Waals surface area contributed by atoms with Crippen molar-refractivity contribution in [2.75, 3.05) is 37.6 Å². The Balaban J connectivity index is 1.24. The van der Waals surface area contributed by atoms with Crippen LogP contribution in [0.4, 0.5) is 10.1 Å². The van der Waals surface area contributed by atoms with E-state index in [1.54, 1.807) is 12.1 Å². The van der Waals surface area contributed by atoms with E-state index in [2.05, 4.69) is 15.1 Å². The van der Waals surface area contributed by atoms with Gasteiger partial charge in [0.2, 0.25) is 0 Å². The number of nitrogens with one attached hydrogen (secondary N) is 1. The molecule has 1 amide bonds. The van der Waals surface area contributed by atoms with Crippen molar-refractivity contribution in [2.45, 2.75) is 31.7 Å². The number of anilines is 1. The van der Waals surface area contributed by atoms with E-state index in [-0.39, 0.29) is 11.7 Å². The zero-order chi connectivity index (χ0) is 19.3. The van der Waals surface area contributed by atoms with Crippen molar-refractivity contribution in [2.24, 2.45) is 5.92 Å². The summed E-state index contributed by atoms with van der Waals surface area (Å²) in [7, 11) is 0. The van der Waals surface area contributed by atoms with Gasteiger partial charge in [-0.2, -0.15) is 0 Å². The molecule has 28 heavy (non-hydrogen) atoms. The number of carbonyl (C=O) groups excluding carboxylic acids is 1. The van der Waals surface area contributed by atoms with Crippen LogP contribution in [0.25, 0.3) is 0 Å². The molecule has 6 heteroatoms. The molecular formula is C22H28FN3OS. The SMILES string of the molecule is O=C(NC[C@H]1CCCN(C2CCN(c3ccc(F)cc3)CC2)C1)c1cccs1. The number of thiophene rings is 1. The highest BCUT2D eigenvalue weighted by atomic mass is 32.1. The van der Waals surface area contributed by atoms with E-state index >= 15 is 0 Å². The van der Waals surface area contributed by atoms with E-state index in [0.717, 1.165) is 56.1 Å². The molecule has 0 spiro atoms. The third-order valence-electron chi connectivity index (χ3n) is 6.02. The maximum Gasteiger partial charge on any atom is 0.261 e. The first-order valence-electron chi connectivity index (χ1n) is 10.3. The van der Waals surface area contributed by atoms with Gasteiger partial charge in [-0.1, -0.05) is 6.07 Å². The van der Waals surface area contributed by atoms with Crippen molar-refractivity contribution in [3.8, 4) is 0 Å². The average Bonchev–Trinajstić information content (AvgIpc) is 3.28. The third-order valence-corrected chi connectivity index (χ3v) is 6.89. The van der Waals surface area contributed by atoms with Crippen LogP contribution in [0.1, 0.15) is 35.4 Å². The normalized spacial score (nSPS) is 21.6. The van der Waals surface area contributed by atoms with Gasteiger partial charge in [-0.05, 0) is 73.9 Å². The predicted molar refractivity (Wildman–Crippen MR) is 113 cm³/mol. The minimum Gasteiger partial charge on any atom is -0.371 e. The zero-order valence-electron chi connectivity index (χ0n) is 16.1. The fourth-order valence-electron chi connectivity index (χ4n) is 4.47. The minimum atomic E-state index is -0.177. The second kappa shape index (κ2) is 9.05. The summed E-state index contributed by atoms with van der Waals surface area (Å²) in [5.41, 5.74) is 1.12. The van der Waals surface area contributed by atoms with Crippen LogP contribution in [0.15, 0.2) is 41.8 Å². The predicted octanol–water partition coefficient (Wildman–Crippen LogP) is 4.00. The first-order valence-corrected chi connectivity index (χ1v) is 11.1. The molecule has 2 fully saturated rings. The molecule has 0 bridgehead atoms. The van der Waals surface area contributed by atoms with Crippen LogP contribution in [0.3, 0.4) is 0 Å². The van der Waals surface area contributed by atoms with Gasteiger partial charge >= 0.3 is 0 Å². The summed E-state index contributed by atoms with van der Waals surface area (Å²) in [6.45, 7) is 5.04. The fourth-order valence-corrected chi connectivity index (χ4v) is 5.11. The molecule has 150 valence electrons. The molecule has 0 aliphatic carbocycles. The van der Waals surface area contributed by atoms with Crippen LogP contribution in [-0.4, -0.2) is 49.6 Å². The Bertz CT molecular complexity index is 757. The largest absolute Gasteiger partial charge is 0.371 e. The van der Waals surface area contributed by atoms with Gasteiger partial charge in [0.05, 0.1) is 4.88 Å². The van der Waals surface area contributed by atoms with Gasteiger partial charge in [0.15, 0.2) is 0 Å². The number of hydrogen-bond acceptors (Lipinski definition) is 4. The van der Waals surface area contributed by atoms with Gasteiger partial charge < -0.3 is 10.2 Å². The van der Waals surface area contributed by atoms with Crippen LogP contribution in [0, 0.1) is 11.7 Å². The fraction of sp³-hybridized carbons (Fsp3) is 0.500. The quantitative estimate of drug-likeness (QED) is 0.823. The monoisotopic (exact) mass is 401 g/mol. The molecule has 0 unspecified atom stereocenters. The Morgan fingerprint density at radius 2 is 1.89 bits per heavy atom. The summed E-state index contributed by atoms with van der Waals surface area (Å²) in [6.07, 6.45) is 4.69. The molecule has 3 heterocycles. The lowest BCUT2D eigenvalue weighted by atomic mass is 9.93. The summed E-state index contributed by atoms with van der Waals surface area (Å²) in [5.74, 6) is 0.414. The van der Waals surface area contributed by atoms with Crippen molar-refractivity contribution < 1.29 is 9.18 Å². The second-order valence-electron chi connectivity index (χ2n) is 7.89. The van der Waals surface area contributed by atoms with Gasteiger partial charge in [0.25, 0.3) is 5.91 Å². The van der Waals surface area contributed by atoms with Crippen LogP contribution in [0.2, 0.25) is 0 Å². The molecule has 4 rings (SSSR count). The number of amides is 1. The third kappa shape index (κ3) is 4.73. The van der Waals surface area contributed by atoms with Gasteiger partial charge in [-0.15, -0.1) is 11.3 Å². The van der Waals surface area contributed by atoms with Gasteiger partial charge in [0, 0.05) is 37.9 Å². The lowest BCUT2D eigenvalue weighted by molar-refractivity contribution is 0.0892. The van der Waals surface area contributed by atoms with E-state index in [1.807, 2.05) is 29.6 Å². The Labute approximate surface area is 170 Å². The summed E-state index contributed by atoms with van der Waals surface area (Å²) in [4.78, 5) is 18.0. The second-order valence-corrected chi connectivity index (χ2v) is 8.83. The van der Waals surface area contributed by atoms with Gasteiger partial charge in [-0.3, -0.25) is 9.69 Å². The molecule has 1 N–H and O–H groups in total. The van der Waals surface area contributed by atoms with Crippen molar-refractivity contribution in [1.82, 2.24) is 10.2 Å². The maximum atomic E-state index is 13.1. The van der Waals surface area contributed by atoms with Crippen molar-refractivity contribution in [3.05, 3.63) is 52.5 Å². The standard InChI is InChI=1S/C22H28FN3OS/c23-18-5-7-19(8-6-18)25-12-9-20(10-13-25)26-11-1-3-17(16-26)15-24-22(27)21-4-2-14-28-21/h2,4-8,14,17,20H,1,3,9-13,15-16H2,(H,24,27)/t17-/m1/s1. The first-order chi connectivity index (χ1) is 13.7. The van der Waals surface area contributed by atoms with Gasteiger partial charge in [-0.25, -0.2) is 4.39 Å². The van der Waals surface area contributed by atoms with Crippen LogP contribution < -0.4 is 10.2 Å². The number of piperidine rings is 2. The molecule has 1 aromatic heterocycles. The van der Waals surface area contributed by atoms with E-state index in [4.69, 9.17) is 0 Å². The molecule has 2 aliphatic rings.